The Bertz CT molecular complexity index is 933. The molecule has 3 rings (SSSR count). The maximum atomic E-state index is 12.6. The van der Waals surface area contributed by atoms with Gasteiger partial charge in [-0.25, -0.2) is 0 Å². The lowest BCUT2D eigenvalue weighted by molar-refractivity contribution is 0.102. The van der Waals surface area contributed by atoms with Crippen molar-refractivity contribution in [3.63, 3.8) is 0 Å². The van der Waals surface area contributed by atoms with E-state index in [-0.39, 0.29) is 5.78 Å². The molecule has 0 spiro atoms. The summed E-state index contributed by atoms with van der Waals surface area (Å²) in [5, 5.41) is 12.6. The standard InChI is InChI=1S/C19H20N4OS/c1-12-5-7-14(3)16(9-12)18(24)11-25-19-20-21-22-23(19)17-10-13(2)6-8-15(17)4/h5-10H,11H2,1-4H3. The molecule has 2 aromatic carbocycles. The van der Waals surface area contributed by atoms with Gasteiger partial charge in [0.05, 0.1) is 11.4 Å². The molecule has 0 N–H and O–H groups in total. The molecule has 0 unspecified atom stereocenters. The largest absolute Gasteiger partial charge is 0.293 e. The van der Waals surface area contributed by atoms with Crippen LogP contribution in [-0.2, 0) is 0 Å². The van der Waals surface area contributed by atoms with Gasteiger partial charge in [0.2, 0.25) is 5.16 Å². The predicted octanol–water partition coefficient (Wildman–Crippen LogP) is 3.87. The minimum absolute atomic E-state index is 0.0849. The molecule has 1 heterocycles. The molecular weight excluding hydrogens is 332 g/mol. The van der Waals surface area contributed by atoms with Crippen LogP contribution in [0, 0.1) is 27.7 Å². The highest BCUT2D eigenvalue weighted by molar-refractivity contribution is 7.99. The zero-order valence-electron chi connectivity index (χ0n) is 14.8. The number of carbonyl (C=O) groups excluding carboxylic acids is 1. The molecular formula is C19H20N4OS. The normalized spacial score (nSPS) is 10.9. The second-order valence-electron chi connectivity index (χ2n) is 6.19. The number of nitrogens with zero attached hydrogens (tertiary/aromatic N) is 4. The van der Waals surface area contributed by atoms with Gasteiger partial charge in [-0.05, 0) is 66.9 Å². The van der Waals surface area contributed by atoms with Crippen molar-refractivity contribution in [2.24, 2.45) is 0 Å². The first-order valence-corrected chi connectivity index (χ1v) is 9.03. The third kappa shape index (κ3) is 3.79. The van der Waals surface area contributed by atoms with E-state index in [4.69, 9.17) is 0 Å². The summed E-state index contributed by atoms with van der Waals surface area (Å²) in [4.78, 5) is 12.6. The van der Waals surface area contributed by atoms with Crippen LogP contribution in [0.4, 0.5) is 0 Å². The summed E-state index contributed by atoms with van der Waals surface area (Å²) in [5.41, 5.74) is 5.99. The molecule has 0 atom stereocenters. The third-order valence-electron chi connectivity index (χ3n) is 4.06. The number of thioether (sulfide) groups is 1. The number of carbonyl (C=O) groups is 1. The molecule has 6 heteroatoms. The zero-order valence-corrected chi connectivity index (χ0v) is 15.6. The lowest BCUT2D eigenvalue weighted by Gasteiger charge is -2.09. The minimum atomic E-state index is 0.0849. The number of tetrazole rings is 1. The van der Waals surface area contributed by atoms with Crippen LogP contribution in [0.1, 0.15) is 32.6 Å². The molecule has 0 bridgehead atoms. The van der Waals surface area contributed by atoms with Crippen molar-refractivity contribution in [3.8, 4) is 5.69 Å². The molecule has 128 valence electrons. The summed E-state index contributed by atoms with van der Waals surface area (Å²) >= 11 is 1.36. The Hall–Kier alpha value is -2.47. The molecule has 0 radical (unpaired) electrons. The first-order valence-electron chi connectivity index (χ1n) is 8.05. The molecule has 0 fully saturated rings. The van der Waals surface area contributed by atoms with Gasteiger partial charge in [0, 0.05) is 5.56 Å². The number of hydrogen-bond donors (Lipinski definition) is 0. The van der Waals surface area contributed by atoms with Crippen molar-refractivity contribution < 1.29 is 4.79 Å². The zero-order chi connectivity index (χ0) is 18.0. The molecule has 0 saturated heterocycles. The molecule has 0 aliphatic heterocycles. The molecule has 0 saturated carbocycles. The summed E-state index contributed by atoms with van der Waals surface area (Å²) in [7, 11) is 0. The predicted molar refractivity (Wildman–Crippen MR) is 99.6 cm³/mol. The van der Waals surface area contributed by atoms with Gasteiger partial charge in [-0.3, -0.25) is 4.79 Å². The van der Waals surface area contributed by atoms with E-state index in [1.165, 1.54) is 11.8 Å². The summed E-state index contributed by atoms with van der Waals surface area (Å²) in [6.45, 7) is 8.00. The van der Waals surface area contributed by atoms with Crippen molar-refractivity contribution in [2.45, 2.75) is 32.9 Å². The second-order valence-corrected chi connectivity index (χ2v) is 7.14. The summed E-state index contributed by atoms with van der Waals surface area (Å²) < 4.78 is 1.70. The summed E-state index contributed by atoms with van der Waals surface area (Å²) in [5.74, 6) is 0.386. The molecule has 0 aliphatic rings. The smallest absolute Gasteiger partial charge is 0.214 e. The van der Waals surface area contributed by atoms with Gasteiger partial charge in [0.25, 0.3) is 0 Å². The topological polar surface area (TPSA) is 60.7 Å². The lowest BCUT2D eigenvalue weighted by atomic mass is 10.0. The van der Waals surface area contributed by atoms with Gasteiger partial charge < -0.3 is 0 Å². The van der Waals surface area contributed by atoms with E-state index < -0.39 is 0 Å². The fraction of sp³-hybridized carbons (Fsp3) is 0.263. The molecule has 0 aliphatic carbocycles. The van der Waals surface area contributed by atoms with Crippen molar-refractivity contribution in [1.82, 2.24) is 20.2 Å². The third-order valence-corrected chi connectivity index (χ3v) is 4.98. The van der Waals surface area contributed by atoms with Crippen LogP contribution in [0.3, 0.4) is 0 Å². The van der Waals surface area contributed by atoms with Crippen molar-refractivity contribution in [2.75, 3.05) is 5.75 Å². The SMILES string of the molecule is Cc1ccc(C)c(C(=O)CSc2nnnn2-c2cc(C)ccc2C)c1. The van der Waals surface area contributed by atoms with Gasteiger partial charge in [-0.2, -0.15) is 4.68 Å². The molecule has 5 nitrogen and oxygen atoms in total. The monoisotopic (exact) mass is 352 g/mol. The lowest BCUT2D eigenvalue weighted by Crippen LogP contribution is -2.07. The van der Waals surface area contributed by atoms with Gasteiger partial charge in [-0.1, -0.05) is 41.6 Å². The van der Waals surface area contributed by atoms with Crippen LogP contribution in [0.25, 0.3) is 5.69 Å². The Kier molecular flexibility index (Phi) is 4.99. The number of benzene rings is 2. The molecule has 25 heavy (non-hydrogen) atoms. The van der Waals surface area contributed by atoms with Gasteiger partial charge in [0.15, 0.2) is 5.78 Å². The van der Waals surface area contributed by atoms with Gasteiger partial charge >= 0.3 is 0 Å². The average molecular weight is 352 g/mol. The highest BCUT2D eigenvalue weighted by Crippen LogP contribution is 2.23. The van der Waals surface area contributed by atoms with E-state index in [0.717, 1.165) is 33.5 Å². The Morgan fingerprint density at radius 2 is 1.68 bits per heavy atom. The maximum absolute atomic E-state index is 12.6. The first-order chi connectivity index (χ1) is 12.0. The van der Waals surface area contributed by atoms with Gasteiger partial charge in [0.1, 0.15) is 0 Å². The van der Waals surface area contributed by atoms with E-state index in [9.17, 15) is 4.79 Å². The Morgan fingerprint density at radius 3 is 2.44 bits per heavy atom. The maximum Gasteiger partial charge on any atom is 0.214 e. The van der Waals surface area contributed by atoms with E-state index >= 15 is 0 Å². The van der Waals surface area contributed by atoms with Crippen LogP contribution in [0.15, 0.2) is 41.6 Å². The Balaban J connectivity index is 1.81. The fourth-order valence-corrected chi connectivity index (χ4v) is 3.38. The highest BCUT2D eigenvalue weighted by atomic mass is 32.2. The van der Waals surface area contributed by atoms with Crippen LogP contribution in [0.5, 0.6) is 0 Å². The molecule has 3 aromatic rings. The summed E-state index contributed by atoms with van der Waals surface area (Å²) in [6, 6.07) is 12.1. The van der Waals surface area contributed by atoms with Crippen LogP contribution >= 0.6 is 11.8 Å². The van der Waals surface area contributed by atoms with E-state index in [0.29, 0.717) is 10.9 Å². The van der Waals surface area contributed by atoms with Crippen LogP contribution in [-0.4, -0.2) is 31.7 Å². The second kappa shape index (κ2) is 7.19. The number of hydrogen-bond acceptors (Lipinski definition) is 5. The minimum Gasteiger partial charge on any atom is -0.293 e. The van der Waals surface area contributed by atoms with E-state index in [1.807, 2.05) is 58.0 Å². The number of Topliss-reactive ketones (excluding diaryl/α,β-unsaturated/α-hetero) is 1. The van der Waals surface area contributed by atoms with Gasteiger partial charge in [-0.15, -0.1) is 5.10 Å². The number of rotatable bonds is 5. The molecule has 1 aromatic heterocycles. The highest BCUT2D eigenvalue weighted by Gasteiger charge is 2.15. The number of aromatic nitrogens is 4. The Morgan fingerprint density at radius 1 is 1.00 bits per heavy atom. The van der Waals surface area contributed by atoms with E-state index in [2.05, 4.69) is 21.6 Å². The summed E-state index contributed by atoms with van der Waals surface area (Å²) in [6.07, 6.45) is 0. The van der Waals surface area contributed by atoms with Crippen LogP contribution in [0.2, 0.25) is 0 Å². The Labute approximate surface area is 151 Å². The van der Waals surface area contributed by atoms with Crippen molar-refractivity contribution in [3.05, 3.63) is 64.2 Å². The van der Waals surface area contributed by atoms with Crippen LogP contribution < -0.4 is 0 Å². The number of ketones is 1. The van der Waals surface area contributed by atoms with E-state index in [1.54, 1.807) is 4.68 Å². The van der Waals surface area contributed by atoms with Crippen molar-refractivity contribution >= 4 is 17.5 Å². The quantitative estimate of drug-likeness (QED) is 0.515. The fourth-order valence-electron chi connectivity index (χ4n) is 2.61. The average Bonchev–Trinajstić information content (AvgIpc) is 3.05. The molecule has 0 amide bonds. The van der Waals surface area contributed by atoms with Crippen molar-refractivity contribution in [1.29, 1.82) is 0 Å². The number of aryl methyl sites for hydroxylation is 4. The first kappa shape index (κ1) is 17.4.